The summed E-state index contributed by atoms with van der Waals surface area (Å²) >= 11 is 18.5. The minimum atomic E-state index is -4.60. The van der Waals surface area contributed by atoms with Crippen LogP contribution in [0.25, 0.3) is 11.8 Å². The van der Waals surface area contributed by atoms with Gasteiger partial charge in [-0.2, -0.15) is 13.2 Å². The quantitative estimate of drug-likeness (QED) is 0.390. The number of hydrogen-bond donors (Lipinski definition) is 1. The van der Waals surface area contributed by atoms with Gasteiger partial charge in [-0.25, -0.2) is 0 Å². The Morgan fingerprint density at radius 1 is 1.26 bits per heavy atom. The molecule has 0 spiro atoms. The number of carboxylic acids is 1. The zero-order valence-corrected chi connectivity index (χ0v) is 18.6. The number of carboxylic acid groups (broad SMARTS) is 1. The highest BCUT2D eigenvalue weighted by atomic mass is 35.5. The van der Waals surface area contributed by atoms with Crippen LogP contribution in [0.2, 0.25) is 10.0 Å². The predicted molar refractivity (Wildman–Crippen MR) is 118 cm³/mol. The highest BCUT2D eigenvalue weighted by Crippen LogP contribution is 2.39. The van der Waals surface area contributed by atoms with E-state index >= 15 is 0 Å². The Hall–Kier alpha value is -2.01. The topological polar surface area (TPSA) is 62.5 Å². The molecule has 1 aromatic carbocycles. The van der Waals surface area contributed by atoms with E-state index in [1.54, 1.807) is 18.3 Å². The number of thiocarbonyl (C=S) groups is 1. The van der Waals surface area contributed by atoms with E-state index in [0.717, 1.165) is 23.9 Å². The smallest absolute Gasteiger partial charge is 0.416 e. The molecule has 1 amide bonds. The molecular formula is C19H13Cl2F3N2O3S2. The fourth-order valence-electron chi connectivity index (χ4n) is 2.89. The fourth-order valence-corrected chi connectivity index (χ4v) is 4.85. The molecule has 1 aliphatic heterocycles. The summed E-state index contributed by atoms with van der Waals surface area (Å²) < 4.78 is 40.8. The Kier molecular flexibility index (Phi) is 7.04. The number of alkyl halides is 3. The van der Waals surface area contributed by atoms with Gasteiger partial charge in [-0.15, -0.1) is 0 Å². The zero-order valence-electron chi connectivity index (χ0n) is 15.4. The molecule has 2 heterocycles. The van der Waals surface area contributed by atoms with Crippen LogP contribution < -0.4 is 0 Å². The van der Waals surface area contributed by atoms with E-state index in [4.69, 9.17) is 40.5 Å². The van der Waals surface area contributed by atoms with Crippen LogP contribution in [-0.2, 0) is 15.8 Å². The highest BCUT2D eigenvalue weighted by Gasteiger charge is 2.33. The first-order valence-corrected chi connectivity index (χ1v) is 10.7. The van der Waals surface area contributed by atoms with Gasteiger partial charge in [0.25, 0.3) is 5.91 Å². The van der Waals surface area contributed by atoms with Crippen LogP contribution in [-0.4, -0.2) is 37.3 Å². The van der Waals surface area contributed by atoms with E-state index < -0.39 is 17.7 Å². The number of hydrogen-bond acceptors (Lipinski definition) is 4. The van der Waals surface area contributed by atoms with Crippen molar-refractivity contribution < 1.29 is 27.9 Å². The number of halogens is 5. The lowest BCUT2D eigenvalue weighted by Gasteiger charge is -2.15. The maximum Gasteiger partial charge on any atom is 0.416 e. The molecule has 1 saturated heterocycles. The molecule has 0 radical (unpaired) electrons. The largest absolute Gasteiger partial charge is 0.481 e. The van der Waals surface area contributed by atoms with E-state index in [-0.39, 0.29) is 41.0 Å². The van der Waals surface area contributed by atoms with Crippen LogP contribution in [0.3, 0.4) is 0 Å². The number of benzene rings is 1. The fraction of sp³-hybridized carbons (Fsp3) is 0.211. The number of rotatable bonds is 6. The summed E-state index contributed by atoms with van der Waals surface area (Å²) in [6.07, 6.45) is -1.35. The second-order valence-corrected chi connectivity index (χ2v) is 8.91. The van der Waals surface area contributed by atoms with E-state index in [9.17, 15) is 22.8 Å². The molecule has 1 aromatic heterocycles. The molecule has 5 nitrogen and oxygen atoms in total. The molecule has 1 N–H and O–H groups in total. The average Bonchev–Trinajstić information content (AvgIpc) is 3.20. The van der Waals surface area contributed by atoms with E-state index in [0.29, 0.717) is 14.9 Å². The van der Waals surface area contributed by atoms with Crippen molar-refractivity contribution in [2.45, 2.75) is 19.0 Å². The van der Waals surface area contributed by atoms with E-state index in [2.05, 4.69) is 0 Å². The first-order chi connectivity index (χ1) is 14.5. The maximum absolute atomic E-state index is 13.0. The second kappa shape index (κ2) is 9.23. The van der Waals surface area contributed by atoms with Crippen molar-refractivity contribution in [3.05, 3.63) is 56.7 Å². The standard InChI is InChI=1S/C19H13Cl2F3N2O3S2/c20-12-7-10(19(22,23)24)8-13(21)16(12)25-5-1-3-11(25)9-14-17(29)26(18(30)31-14)6-2-4-15(27)28/h1,3,5,7-9H,2,4,6H2,(H,27,28). The molecule has 0 bridgehead atoms. The summed E-state index contributed by atoms with van der Waals surface area (Å²) in [5.41, 5.74) is -0.374. The van der Waals surface area contributed by atoms with E-state index in [1.807, 2.05) is 0 Å². The van der Waals surface area contributed by atoms with Gasteiger partial charge < -0.3 is 9.67 Å². The Labute approximate surface area is 194 Å². The molecule has 0 unspecified atom stereocenters. The Balaban J connectivity index is 1.91. The summed E-state index contributed by atoms with van der Waals surface area (Å²) in [6.45, 7) is 0.172. The summed E-state index contributed by atoms with van der Waals surface area (Å²) in [4.78, 5) is 25.0. The first-order valence-electron chi connectivity index (χ1n) is 8.70. The summed E-state index contributed by atoms with van der Waals surface area (Å²) in [6, 6.07) is 4.84. The van der Waals surface area contributed by atoms with Gasteiger partial charge in [0, 0.05) is 24.9 Å². The Morgan fingerprint density at radius 3 is 2.48 bits per heavy atom. The summed E-state index contributed by atoms with van der Waals surface area (Å²) in [5.74, 6) is -1.35. The third-order valence-electron chi connectivity index (χ3n) is 4.29. The van der Waals surface area contributed by atoms with Crippen molar-refractivity contribution in [3.63, 3.8) is 0 Å². The van der Waals surface area contributed by atoms with E-state index in [1.165, 1.54) is 15.5 Å². The number of amides is 1. The molecule has 12 heteroatoms. The van der Waals surface area contributed by atoms with Crippen molar-refractivity contribution in [1.29, 1.82) is 0 Å². The molecule has 2 aromatic rings. The lowest BCUT2D eigenvalue weighted by Crippen LogP contribution is -2.29. The van der Waals surface area contributed by atoms with Crippen LogP contribution in [0.1, 0.15) is 24.1 Å². The van der Waals surface area contributed by atoms with Gasteiger partial charge in [-0.1, -0.05) is 47.2 Å². The average molecular weight is 509 g/mol. The number of aromatic nitrogens is 1. The minimum Gasteiger partial charge on any atom is -0.481 e. The molecule has 1 fully saturated rings. The summed E-state index contributed by atoms with van der Waals surface area (Å²) in [7, 11) is 0. The Morgan fingerprint density at radius 2 is 1.90 bits per heavy atom. The van der Waals surface area contributed by atoms with Crippen LogP contribution in [0.4, 0.5) is 13.2 Å². The molecule has 0 atom stereocenters. The van der Waals surface area contributed by atoms with Crippen LogP contribution in [0.5, 0.6) is 0 Å². The van der Waals surface area contributed by atoms with Crippen molar-refractivity contribution in [3.8, 4) is 5.69 Å². The number of thioether (sulfide) groups is 1. The number of aliphatic carboxylic acids is 1. The number of nitrogens with zero attached hydrogens (tertiary/aromatic N) is 2. The van der Waals surface area contributed by atoms with Gasteiger partial charge in [0.15, 0.2) is 0 Å². The van der Waals surface area contributed by atoms with Gasteiger partial charge >= 0.3 is 12.1 Å². The van der Waals surface area contributed by atoms with Gasteiger partial charge in [-0.05, 0) is 36.8 Å². The molecule has 31 heavy (non-hydrogen) atoms. The summed E-state index contributed by atoms with van der Waals surface area (Å²) in [5, 5.41) is 8.34. The van der Waals surface area contributed by atoms with Crippen molar-refractivity contribution >= 4 is 69.5 Å². The zero-order chi connectivity index (χ0) is 22.9. The van der Waals surface area contributed by atoms with Crippen LogP contribution in [0, 0.1) is 0 Å². The molecule has 1 aliphatic rings. The normalized spacial score (nSPS) is 15.9. The highest BCUT2D eigenvalue weighted by molar-refractivity contribution is 8.26. The van der Waals surface area contributed by atoms with Crippen molar-refractivity contribution in [2.75, 3.05) is 6.54 Å². The van der Waals surface area contributed by atoms with Crippen molar-refractivity contribution in [1.82, 2.24) is 9.47 Å². The van der Waals surface area contributed by atoms with Gasteiger partial charge in [0.2, 0.25) is 0 Å². The monoisotopic (exact) mass is 508 g/mol. The number of carbonyl (C=O) groups excluding carboxylic acids is 1. The third kappa shape index (κ3) is 5.25. The Bertz CT molecular complexity index is 1080. The molecule has 0 aliphatic carbocycles. The SMILES string of the molecule is O=C(O)CCCN1C(=O)C(=Cc2cccn2-c2c(Cl)cc(C(F)(F)F)cc2Cl)SC1=S. The lowest BCUT2D eigenvalue weighted by molar-refractivity contribution is -0.138. The van der Waals surface area contributed by atoms with Crippen LogP contribution in [0.15, 0.2) is 35.4 Å². The second-order valence-electron chi connectivity index (χ2n) is 6.42. The maximum atomic E-state index is 13.0. The molecule has 3 rings (SSSR count). The van der Waals surface area contributed by atoms with Crippen LogP contribution >= 0.6 is 47.2 Å². The van der Waals surface area contributed by atoms with Gasteiger partial charge in [-0.3, -0.25) is 14.5 Å². The van der Waals surface area contributed by atoms with Gasteiger partial charge in [0.1, 0.15) is 4.32 Å². The first kappa shape index (κ1) is 23.6. The third-order valence-corrected chi connectivity index (χ3v) is 6.24. The molecular weight excluding hydrogens is 496 g/mol. The number of carbonyl (C=O) groups is 2. The lowest BCUT2D eigenvalue weighted by atomic mass is 10.2. The molecule has 0 saturated carbocycles. The predicted octanol–water partition coefficient (Wildman–Crippen LogP) is 5.87. The minimum absolute atomic E-state index is 0.0934. The van der Waals surface area contributed by atoms with Crippen molar-refractivity contribution in [2.24, 2.45) is 0 Å². The molecule has 164 valence electrons. The van der Waals surface area contributed by atoms with Gasteiger partial charge in [0.05, 0.1) is 26.2 Å².